The molecule has 0 unspecified atom stereocenters. The summed E-state index contributed by atoms with van der Waals surface area (Å²) in [7, 11) is 1.68. The van der Waals surface area contributed by atoms with Crippen molar-refractivity contribution in [1.82, 2.24) is 14.8 Å². The molecule has 5 rings (SSSR count). The van der Waals surface area contributed by atoms with E-state index in [-0.39, 0.29) is 12.0 Å². The van der Waals surface area contributed by atoms with Gasteiger partial charge in [-0.25, -0.2) is 0 Å². The number of ether oxygens (including phenoxy) is 2. The molecule has 6 nitrogen and oxygen atoms in total. The summed E-state index contributed by atoms with van der Waals surface area (Å²) in [6.07, 6.45) is 5.21. The van der Waals surface area contributed by atoms with Crippen LogP contribution in [0.2, 0.25) is 5.02 Å². The van der Waals surface area contributed by atoms with Gasteiger partial charge in [-0.2, -0.15) is 0 Å². The summed E-state index contributed by atoms with van der Waals surface area (Å²) in [5, 5.41) is 4.73. The highest BCUT2D eigenvalue weighted by molar-refractivity contribution is 6.30. The van der Waals surface area contributed by atoms with Gasteiger partial charge in [0.25, 0.3) is 5.91 Å². The van der Waals surface area contributed by atoms with Crippen LogP contribution in [0.15, 0.2) is 72.9 Å². The van der Waals surface area contributed by atoms with Gasteiger partial charge in [0.05, 0.1) is 18.2 Å². The molecule has 0 radical (unpaired) electrons. The number of carbonyl (C=O) groups excluding carboxylic acids is 1. The Morgan fingerprint density at radius 2 is 1.79 bits per heavy atom. The molecular weight excluding hydrogens is 510 g/mol. The summed E-state index contributed by atoms with van der Waals surface area (Å²) in [5.41, 5.74) is 3.92. The van der Waals surface area contributed by atoms with Gasteiger partial charge in [0.15, 0.2) is 0 Å². The Bertz CT molecular complexity index is 1410. The molecule has 1 N–H and O–H groups in total. The number of piperidine rings is 1. The number of likely N-dealkylation sites (tertiary alicyclic amines) is 1. The van der Waals surface area contributed by atoms with Gasteiger partial charge in [0, 0.05) is 42.8 Å². The average molecular weight is 546 g/mol. The lowest BCUT2D eigenvalue weighted by molar-refractivity contribution is 0.0952. The predicted octanol–water partition coefficient (Wildman–Crippen LogP) is 6.48. The minimum atomic E-state index is -0.0729. The number of aromatic nitrogens is 1. The highest BCUT2D eigenvalue weighted by Gasteiger charge is 2.21. The van der Waals surface area contributed by atoms with Crippen LogP contribution in [0, 0.1) is 6.92 Å². The first kappa shape index (κ1) is 27.1. The first-order chi connectivity index (χ1) is 19.0. The van der Waals surface area contributed by atoms with Crippen LogP contribution < -0.4 is 14.8 Å². The molecular formula is C32H36ClN3O3. The van der Waals surface area contributed by atoms with E-state index in [1.165, 1.54) is 5.56 Å². The SMILES string of the molecule is COc1cccc2c(C(=O)NCc3cccc(C)c3)cn(CCCN3CCC(Oc4ccc(Cl)cc4)CC3)c12. The second kappa shape index (κ2) is 12.6. The van der Waals surface area contributed by atoms with E-state index >= 15 is 0 Å². The van der Waals surface area contributed by atoms with Gasteiger partial charge in [-0.3, -0.25) is 4.79 Å². The van der Waals surface area contributed by atoms with Crippen molar-refractivity contribution in [1.29, 1.82) is 0 Å². The average Bonchev–Trinajstić information content (AvgIpc) is 3.33. The van der Waals surface area contributed by atoms with Crippen molar-refractivity contribution in [3.63, 3.8) is 0 Å². The Balaban J connectivity index is 1.19. The molecule has 4 aromatic rings. The summed E-state index contributed by atoms with van der Waals surface area (Å²) in [6.45, 7) is 6.39. The molecule has 1 aliphatic heterocycles. The molecule has 7 heteroatoms. The van der Waals surface area contributed by atoms with Gasteiger partial charge < -0.3 is 24.3 Å². The normalized spacial score (nSPS) is 14.4. The van der Waals surface area contributed by atoms with E-state index in [1.54, 1.807) is 7.11 Å². The van der Waals surface area contributed by atoms with Crippen LogP contribution in [0.5, 0.6) is 11.5 Å². The number of hydrogen-bond donors (Lipinski definition) is 1. The minimum absolute atomic E-state index is 0.0729. The number of benzene rings is 3. The predicted molar refractivity (Wildman–Crippen MR) is 157 cm³/mol. The highest BCUT2D eigenvalue weighted by atomic mass is 35.5. The van der Waals surface area contributed by atoms with Crippen LogP contribution in [0.4, 0.5) is 0 Å². The smallest absolute Gasteiger partial charge is 0.253 e. The Hall–Kier alpha value is -3.48. The van der Waals surface area contributed by atoms with E-state index in [9.17, 15) is 4.79 Å². The fourth-order valence-electron chi connectivity index (χ4n) is 5.37. The molecule has 1 amide bonds. The topological polar surface area (TPSA) is 55.7 Å². The lowest BCUT2D eigenvalue weighted by Gasteiger charge is -2.32. The first-order valence-corrected chi connectivity index (χ1v) is 14.0. The Morgan fingerprint density at radius 3 is 2.54 bits per heavy atom. The van der Waals surface area contributed by atoms with E-state index in [0.29, 0.717) is 12.1 Å². The van der Waals surface area contributed by atoms with E-state index in [2.05, 4.69) is 33.8 Å². The maximum atomic E-state index is 13.2. The van der Waals surface area contributed by atoms with E-state index in [0.717, 1.165) is 78.4 Å². The number of carbonyl (C=O) groups is 1. The zero-order valence-electron chi connectivity index (χ0n) is 22.7. The number of methoxy groups -OCH3 is 1. The molecule has 0 atom stereocenters. The zero-order valence-corrected chi connectivity index (χ0v) is 23.4. The van der Waals surface area contributed by atoms with Crippen molar-refractivity contribution in [2.45, 2.75) is 45.4 Å². The zero-order chi connectivity index (χ0) is 27.2. The molecule has 3 aromatic carbocycles. The fourth-order valence-corrected chi connectivity index (χ4v) is 5.49. The standard InChI is InChI=1S/C32H36ClN3O3/c1-23-6-3-7-24(20-23)21-34-32(37)29-22-36(31-28(29)8-4-9-30(31)38-2)17-5-16-35-18-14-27(15-19-35)39-26-12-10-25(33)11-13-26/h3-4,6-13,20,22,27H,5,14-19,21H2,1-2H3,(H,34,37). The van der Waals surface area contributed by atoms with Crippen molar-refractivity contribution in [2.24, 2.45) is 0 Å². The maximum Gasteiger partial charge on any atom is 0.253 e. The minimum Gasteiger partial charge on any atom is -0.495 e. The van der Waals surface area contributed by atoms with Crippen molar-refractivity contribution in [3.8, 4) is 11.5 Å². The summed E-state index contributed by atoms with van der Waals surface area (Å²) >= 11 is 5.98. The maximum absolute atomic E-state index is 13.2. The van der Waals surface area contributed by atoms with Crippen molar-refractivity contribution in [2.75, 3.05) is 26.7 Å². The second-order valence-corrected chi connectivity index (χ2v) is 10.7. The summed E-state index contributed by atoms with van der Waals surface area (Å²) in [4.78, 5) is 15.7. The Kier molecular flexibility index (Phi) is 8.74. The largest absolute Gasteiger partial charge is 0.495 e. The number of halogens is 1. The van der Waals surface area contributed by atoms with Gasteiger partial charge in [-0.1, -0.05) is 53.6 Å². The Labute approximate surface area is 235 Å². The second-order valence-electron chi connectivity index (χ2n) is 10.2. The lowest BCUT2D eigenvalue weighted by atomic mass is 10.1. The van der Waals surface area contributed by atoms with Gasteiger partial charge in [0.1, 0.15) is 17.6 Å². The van der Waals surface area contributed by atoms with Crippen LogP contribution in [0.3, 0.4) is 0 Å². The number of hydrogen-bond acceptors (Lipinski definition) is 4. The molecule has 204 valence electrons. The van der Waals surface area contributed by atoms with E-state index in [4.69, 9.17) is 21.1 Å². The van der Waals surface area contributed by atoms with Gasteiger partial charge in [-0.15, -0.1) is 0 Å². The third kappa shape index (κ3) is 6.75. The van der Waals surface area contributed by atoms with Crippen LogP contribution in [-0.4, -0.2) is 48.2 Å². The van der Waals surface area contributed by atoms with Crippen molar-refractivity contribution in [3.05, 3.63) is 94.6 Å². The van der Waals surface area contributed by atoms with Crippen molar-refractivity contribution >= 4 is 28.4 Å². The number of amides is 1. The van der Waals surface area contributed by atoms with Gasteiger partial charge in [-0.05, 0) is 68.6 Å². The van der Waals surface area contributed by atoms with Crippen LogP contribution in [-0.2, 0) is 13.1 Å². The molecule has 1 fully saturated rings. The molecule has 1 aliphatic rings. The van der Waals surface area contributed by atoms with E-state index in [1.807, 2.05) is 60.8 Å². The number of rotatable bonds is 10. The first-order valence-electron chi connectivity index (χ1n) is 13.6. The van der Waals surface area contributed by atoms with Crippen LogP contribution >= 0.6 is 11.6 Å². The molecule has 0 spiro atoms. The highest BCUT2D eigenvalue weighted by Crippen LogP contribution is 2.30. The molecule has 39 heavy (non-hydrogen) atoms. The third-order valence-electron chi connectivity index (χ3n) is 7.39. The molecule has 0 saturated carbocycles. The summed E-state index contributed by atoms with van der Waals surface area (Å²) in [6, 6.07) is 21.7. The monoisotopic (exact) mass is 545 g/mol. The number of aryl methyl sites for hydroxylation is 2. The van der Waals surface area contributed by atoms with Gasteiger partial charge in [0.2, 0.25) is 0 Å². The molecule has 0 bridgehead atoms. The molecule has 1 saturated heterocycles. The molecule has 2 heterocycles. The fraction of sp³-hybridized carbons (Fsp3) is 0.344. The quantitative estimate of drug-likeness (QED) is 0.248. The number of nitrogens with one attached hydrogen (secondary N) is 1. The Morgan fingerprint density at radius 1 is 1.03 bits per heavy atom. The number of nitrogens with zero attached hydrogens (tertiary/aromatic N) is 2. The third-order valence-corrected chi connectivity index (χ3v) is 7.64. The molecule has 0 aliphatic carbocycles. The van der Waals surface area contributed by atoms with Gasteiger partial charge >= 0.3 is 0 Å². The number of para-hydroxylation sites is 1. The van der Waals surface area contributed by atoms with E-state index < -0.39 is 0 Å². The van der Waals surface area contributed by atoms with Crippen molar-refractivity contribution < 1.29 is 14.3 Å². The summed E-state index contributed by atoms with van der Waals surface area (Å²) in [5.74, 6) is 1.59. The summed E-state index contributed by atoms with van der Waals surface area (Å²) < 4.78 is 14.0. The van der Waals surface area contributed by atoms with Crippen LogP contribution in [0.1, 0.15) is 40.7 Å². The number of fused-ring (bicyclic) bond motifs is 1. The van der Waals surface area contributed by atoms with Crippen LogP contribution in [0.25, 0.3) is 10.9 Å². The lowest BCUT2D eigenvalue weighted by Crippen LogP contribution is -2.38. The molecule has 1 aromatic heterocycles.